The summed E-state index contributed by atoms with van der Waals surface area (Å²) >= 11 is 1.92. The second kappa shape index (κ2) is 5.90. The van der Waals surface area contributed by atoms with Crippen LogP contribution in [-0.2, 0) is 21.8 Å². The number of ether oxygens (including phenoxy) is 1. The average Bonchev–Trinajstić information content (AvgIpc) is 3.08. The smallest absolute Gasteiger partial charge is 0.162 e. The summed E-state index contributed by atoms with van der Waals surface area (Å²) in [6.07, 6.45) is 4.54. The Bertz CT molecular complexity index is 486. The van der Waals surface area contributed by atoms with E-state index in [0.717, 1.165) is 49.1 Å². The van der Waals surface area contributed by atoms with Crippen molar-refractivity contribution in [2.45, 2.75) is 56.6 Å². The maximum atomic E-state index is 6.11. The Balaban J connectivity index is 2.02. The molecule has 1 aromatic rings. The molecule has 2 heterocycles. The highest BCUT2D eigenvalue weighted by atomic mass is 32.2. The second-order valence-electron chi connectivity index (χ2n) is 5.48. The summed E-state index contributed by atoms with van der Waals surface area (Å²) in [6.45, 7) is 5.81. The van der Waals surface area contributed by atoms with Crippen molar-refractivity contribution in [2.75, 3.05) is 18.5 Å². The van der Waals surface area contributed by atoms with Gasteiger partial charge in [0.25, 0.3) is 0 Å². The zero-order chi connectivity index (χ0) is 14.0. The Hall–Kier alpha value is -0.810. The second-order valence-corrected chi connectivity index (χ2v) is 6.46. The molecule has 0 aromatic carbocycles. The van der Waals surface area contributed by atoms with Gasteiger partial charge < -0.3 is 10.1 Å². The van der Waals surface area contributed by atoms with Gasteiger partial charge in [0.1, 0.15) is 11.4 Å². The van der Waals surface area contributed by atoms with E-state index in [1.807, 2.05) is 11.8 Å². The molecule has 0 saturated heterocycles. The zero-order valence-electron chi connectivity index (χ0n) is 12.4. The fourth-order valence-corrected chi connectivity index (χ4v) is 4.27. The van der Waals surface area contributed by atoms with E-state index in [9.17, 15) is 0 Å². The molecule has 4 nitrogen and oxygen atoms in total. The SMILES string of the molecule is CCNc1nc(C2(OCC)CCCC2)nc2c1CSC2. The van der Waals surface area contributed by atoms with Crippen LogP contribution < -0.4 is 5.32 Å². The number of hydrogen-bond acceptors (Lipinski definition) is 5. The van der Waals surface area contributed by atoms with Crippen molar-refractivity contribution in [3.63, 3.8) is 0 Å². The molecule has 0 spiro atoms. The molecule has 1 aromatic heterocycles. The molecule has 1 aliphatic carbocycles. The van der Waals surface area contributed by atoms with Crippen molar-refractivity contribution >= 4 is 17.6 Å². The first-order valence-electron chi connectivity index (χ1n) is 7.65. The van der Waals surface area contributed by atoms with Crippen LogP contribution in [0.25, 0.3) is 0 Å². The number of anilines is 1. The third kappa shape index (κ3) is 2.42. The van der Waals surface area contributed by atoms with Gasteiger partial charge in [-0.2, -0.15) is 11.8 Å². The van der Waals surface area contributed by atoms with Gasteiger partial charge >= 0.3 is 0 Å². The molecule has 1 saturated carbocycles. The van der Waals surface area contributed by atoms with Crippen LogP contribution in [0.4, 0.5) is 5.82 Å². The predicted octanol–water partition coefficient (Wildman–Crippen LogP) is 3.46. The predicted molar refractivity (Wildman–Crippen MR) is 83.0 cm³/mol. The average molecular weight is 293 g/mol. The minimum absolute atomic E-state index is 0.235. The molecule has 2 aliphatic rings. The van der Waals surface area contributed by atoms with Gasteiger partial charge in [0.05, 0.1) is 5.69 Å². The summed E-state index contributed by atoms with van der Waals surface area (Å²) in [5.41, 5.74) is 2.27. The van der Waals surface area contributed by atoms with Crippen molar-refractivity contribution < 1.29 is 4.74 Å². The highest BCUT2D eigenvalue weighted by molar-refractivity contribution is 7.98. The standard InChI is InChI=1S/C15H23N3OS/c1-3-16-13-11-9-20-10-12(11)17-14(18-13)15(19-4-2)7-5-6-8-15/h3-10H2,1-2H3,(H,16,17,18). The van der Waals surface area contributed by atoms with Crippen molar-refractivity contribution in [1.29, 1.82) is 0 Å². The molecule has 1 aliphatic heterocycles. The first-order chi connectivity index (χ1) is 9.79. The number of nitrogens with one attached hydrogen (secondary N) is 1. The maximum absolute atomic E-state index is 6.11. The summed E-state index contributed by atoms with van der Waals surface area (Å²) in [6, 6.07) is 0. The minimum atomic E-state index is -0.235. The maximum Gasteiger partial charge on any atom is 0.162 e. The van der Waals surface area contributed by atoms with E-state index in [1.54, 1.807) is 0 Å². The summed E-state index contributed by atoms with van der Waals surface area (Å²) in [7, 11) is 0. The lowest BCUT2D eigenvalue weighted by molar-refractivity contribution is -0.0457. The number of fused-ring (bicyclic) bond motifs is 1. The van der Waals surface area contributed by atoms with Gasteiger partial charge in [0.2, 0.25) is 0 Å². The zero-order valence-corrected chi connectivity index (χ0v) is 13.2. The summed E-state index contributed by atoms with van der Waals surface area (Å²) in [5, 5.41) is 3.41. The summed E-state index contributed by atoms with van der Waals surface area (Å²) < 4.78 is 6.11. The van der Waals surface area contributed by atoms with E-state index < -0.39 is 0 Å². The molecule has 0 radical (unpaired) electrons. The molecule has 20 heavy (non-hydrogen) atoms. The van der Waals surface area contributed by atoms with E-state index in [1.165, 1.54) is 24.1 Å². The van der Waals surface area contributed by atoms with Gasteiger partial charge in [-0.05, 0) is 39.5 Å². The lowest BCUT2D eigenvalue weighted by Crippen LogP contribution is -2.30. The van der Waals surface area contributed by atoms with Crippen molar-refractivity contribution in [3.8, 4) is 0 Å². The molecule has 3 rings (SSSR count). The molecule has 0 unspecified atom stereocenters. The number of thioether (sulfide) groups is 1. The van der Waals surface area contributed by atoms with Crippen LogP contribution in [0, 0.1) is 0 Å². The Labute approximate surface area is 125 Å². The highest BCUT2D eigenvalue weighted by Crippen LogP contribution is 2.42. The molecule has 1 fully saturated rings. The van der Waals surface area contributed by atoms with Gasteiger partial charge in [0, 0.05) is 30.2 Å². The van der Waals surface area contributed by atoms with Crippen molar-refractivity contribution in [2.24, 2.45) is 0 Å². The first-order valence-corrected chi connectivity index (χ1v) is 8.80. The molecule has 0 atom stereocenters. The van der Waals surface area contributed by atoms with Crippen molar-refractivity contribution in [1.82, 2.24) is 9.97 Å². The van der Waals surface area contributed by atoms with Gasteiger partial charge in [-0.25, -0.2) is 9.97 Å². The highest BCUT2D eigenvalue weighted by Gasteiger charge is 2.40. The Morgan fingerprint density at radius 3 is 2.70 bits per heavy atom. The van der Waals surface area contributed by atoms with Crippen LogP contribution in [0.1, 0.15) is 56.6 Å². The topological polar surface area (TPSA) is 47.0 Å². The third-order valence-electron chi connectivity index (χ3n) is 4.16. The van der Waals surface area contributed by atoms with Crippen LogP contribution in [0.2, 0.25) is 0 Å². The Kier molecular flexibility index (Phi) is 4.17. The summed E-state index contributed by atoms with van der Waals surface area (Å²) in [4.78, 5) is 9.72. The normalized spacial score (nSPS) is 20.1. The number of aromatic nitrogens is 2. The molecule has 110 valence electrons. The molecule has 0 bridgehead atoms. The molecular weight excluding hydrogens is 270 g/mol. The van der Waals surface area contributed by atoms with Crippen LogP contribution in [0.5, 0.6) is 0 Å². The van der Waals surface area contributed by atoms with E-state index in [2.05, 4.69) is 19.2 Å². The van der Waals surface area contributed by atoms with Gasteiger partial charge in [-0.3, -0.25) is 0 Å². The third-order valence-corrected chi connectivity index (χ3v) is 5.13. The van der Waals surface area contributed by atoms with E-state index in [0.29, 0.717) is 0 Å². The number of rotatable bonds is 5. The minimum Gasteiger partial charge on any atom is -0.370 e. The fraction of sp³-hybridized carbons (Fsp3) is 0.733. The van der Waals surface area contributed by atoms with E-state index >= 15 is 0 Å². The van der Waals surface area contributed by atoms with Gasteiger partial charge in [-0.15, -0.1) is 0 Å². The number of nitrogens with zero attached hydrogens (tertiary/aromatic N) is 2. The van der Waals surface area contributed by atoms with E-state index in [4.69, 9.17) is 14.7 Å². The Morgan fingerprint density at radius 1 is 1.20 bits per heavy atom. The molecule has 0 amide bonds. The molecular formula is C15H23N3OS. The van der Waals surface area contributed by atoms with Gasteiger partial charge in [0.15, 0.2) is 5.82 Å². The Morgan fingerprint density at radius 2 is 2.00 bits per heavy atom. The fourth-order valence-electron chi connectivity index (χ4n) is 3.22. The van der Waals surface area contributed by atoms with Crippen LogP contribution >= 0.6 is 11.8 Å². The van der Waals surface area contributed by atoms with Crippen molar-refractivity contribution in [3.05, 3.63) is 17.1 Å². The van der Waals surface area contributed by atoms with Crippen LogP contribution in [-0.4, -0.2) is 23.1 Å². The monoisotopic (exact) mass is 293 g/mol. The first kappa shape index (κ1) is 14.1. The van der Waals surface area contributed by atoms with Crippen LogP contribution in [0.3, 0.4) is 0 Å². The van der Waals surface area contributed by atoms with E-state index in [-0.39, 0.29) is 5.60 Å². The molecule has 5 heteroatoms. The van der Waals surface area contributed by atoms with Gasteiger partial charge in [-0.1, -0.05) is 0 Å². The van der Waals surface area contributed by atoms with Crippen LogP contribution in [0.15, 0.2) is 0 Å². The lowest BCUT2D eigenvalue weighted by Gasteiger charge is -2.28. The quantitative estimate of drug-likeness (QED) is 0.901. The molecule has 1 N–H and O–H groups in total. The lowest BCUT2D eigenvalue weighted by atomic mass is 10.0. The largest absolute Gasteiger partial charge is 0.370 e. The number of hydrogen-bond donors (Lipinski definition) is 1. The summed E-state index contributed by atoms with van der Waals surface area (Å²) in [5.74, 6) is 3.97.